The summed E-state index contributed by atoms with van der Waals surface area (Å²) in [6.45, 7) is 0. The second kappa shape index (κ2) is 5.59. The molecule has 0 radical (unpaired) electrons. The van der Waals surface area contributed by atoms with E-state index in [9.17, 15) is 9.18 Å². The third kappa shape index (κ3) is 2.75. The summed E-state index contributed by atoms with van der Waals surface area (Å²) in [5.41, 5.74) is 4.67. The molecule has 3 aromatic rings. The number of carbonyl (C=O) groups is 1. The minimum Gasteiger partial charge on any atom is -0.326 e. The van der Waals surface area contributed by atoms with Gasteiger partial charge in [-0.25, -0.2) is 9.37 Å². The Bertz CT molecular complexity index is 904. The molecule has 1 aromatic heterocycles. The fourth-order valence-electron chi connectivity index (χ4n) is 2.70. The Hall–Kier alpha value is -2.53. The number of halogens is 1. The van der Waals surface area contributed by atoms with E-state index in [-0.39, 0.29) is 11.7 Å². The maximum Gasteiger partial charge on any atom is 0.224 e. The number of benzene rings is 2. The number of anilines is 1. The predicted molar refractivity (Wildman–Crippen MR) is 89.9 cm³/mol. The van der Waals surface area contributed by atoms with Gasteiger partial charge in [-0.2, -0.15) is 0 Å². The Morgan fingerprint density at radius 3 is 2.87 bits per heavy atom. The minimum atomic E-state index is -0.260. The van der Waals surface area contributed by atoms with E-state index in [0.717, 1.165) is 39.5 Å². The van der Waals surface area contributed by atoms with Crippen LogP contribution in [-0.4, -0.2) is 10.9 Å². The Balaban J connectivity index is 1.68. The van der Waals surface area contributed by atoms with Gasteiger partial charge in [0.2, 0.25) is 5.91 Å². The highest BCUT2D eigenvalue weighted by atomic mass is 32.1. The highest BCUT2D eigenvalue weighted by molar-refractivity contribution is 7.13. The average Bonchev–Trinajstić information content (AvgIpc) is 3.04. The molecule has 0 spiro atoms. The molecule has 1 N–H and O–H groups in total. The van der Waals surface area contributed by atoms with Crippen LogP contribution < -0.4 is 5.32 Å². The highest BCUT2D eigenvalue weighted by Gasteiger charge is 2.16. The molecule has 0 saturated heterocycles. The van der Waals surface area contributed by atoms with Crippen LogP contribution in [0, 0.1) is 5.82 Å². The van der Waals surface area contributed by atoms with Crippen molar-refractivity contribution in [3.8, 4) is 21.8 Å². The van der Waals surface area contributed by atoms with Gasteiger partial charge in [-0.1, -0.05) is 18.2 Å². The number of fused-ring (bicyclic) bond motifs is 1. The number of aromatic nitrogens is 1. The number of aryl methyl sites for hydroxylation is 1. The summed E-state index contributed by atoms with van der Waals surface area (Å²) in [4.78, 5) is 16.0. The van der Waals surface area contributed by atoms with Gasteiger partial charge in [0.1, 0.15) is 10.8 Å². The van der Waals surface area contributed by atoms with E-state index in [4.69, 9.17) is 0 Å². The lowest BCUT2D eigenvalue weighted by molar-refractivity contribution is -0.116. The van der Waals surface area contributed by atoms with Crippen LogP contribution in [0.1, 0.15) is 12.0 Å². The first kappa shape index (κ1) is 14.1. The molecule has 0 atom stereocenters. The standard InChI is InChI=1S/C18H13FN2OS/c19-14-3-1-2-13(9-14)18-21-16(10-23-18)12-4-6-15-11(8-12)5-7-17(22)20-15/h1-4,6,8-10H,5,7H2,(H,20,22). The van der Waals surface area contributed by atoms with Crippen molar-refractivity contribution < 1.29 is 9.18 Å². The van der Waals surface area contributed by atoms with Gasteiger partial charge in [0.05, 0.1) is 5.69 Å². The van der Waals surface area contributed by atoms with Crippen molar-refractivity contribution in [1.29, 1.82) is 0 Å². The van der Waals surface area contributed by atoms with E-state index in [1.54, 1.807) is 6.07 Å². The van der Waals surface area contributed by atoms with Crippen LogP contribution in [0.4, 0.5) is 10.1 Å². The molecule has 0 fully saturated rings. The van der Waals surface area contributed by atoms with Gasteiger partial charge in [0, 0.05) is 28.6 Å². The van der Waals surface area contributed by atoms with Crippen molar-refractivity contribution in [2.24, 2.45) is 0 Å². The van der Waals surface area contributed by atoms with Crippen LogP contribution in [-0.2, 0) is 11.2 Å². The van der Waals surface area contributed by atoms with Crippen molar-refractivity contribution in [2.75, 3.05) is 5.32 Å². The normalized spacial score (nSPS) is 13.5. The van der Waals surface area contributed by atoms with E-state index < -0.39 is 0 Å². The zero-order valence-corrected chi connectivity index (χ0v) is 13.0. The van der Waals surface area contributed by atoms with E-state index in [0.29, 0.717) is 6.42 Å². The van der Waals surface area contributed by atoms with Crippen LogP contribution in [0.2, 0.25) is 0 Å². The summed E-state index contributed by atoms with van der Waals surface area (Å²) in [7, 11) is 0. The maximum absolute atomic E-state index is 13.3. The lowest BCUT2D eigenvalue weighted by Crippen LogP contribution is -2.18. The van der Waals surface area contributed by atoms with Gasteiger partial charge in [-0.15, -0.1) is 11.3 Å². The Kier molecular flexibility index (Phi) is 3.42. The average molecular weight is 324 g/mol. The molecule has 1 aliphatic rings. The van der Waals surface area contributed by atoms with Gasteiger partial charge in [0.25, 0.3) is 0 Å². The molecule has 4 rings (SSSR count). The molecule has 1 amide bonds. The van der Waals surface area contributed by atoms with Crippen LogP contribution in [0.25, 0.3) is 21.8 Å². The number of thiazole rings is 1. The maximum atomic E-state index is 13.3. The number of hydrogen-bond donors (Lipinski definition) is 1. The highest BCUT2D eigenvalue weighted by Crippen LogP contribution is 2.32. The summed E-state index contributed by atoms with van der Waals surface area (Å²) in [6.07, 6.45) is 1.26. The summed E-state index contributed by atoms with van der Waals surface area (Å²) >= 11 is 1.50. The third-order valence-corrected chi connectivity index (χ3v) is 4.76. The lowest BCUT2D eigenvalue weighted by Gasteiger charge is -2.17. The van der Waals surface area contributed by atoms with E-state index in [1.165, 1.54) is 23.5 Å². The predicted octanol–water partition coefficient (Wildman–Crippen LogP) is 4.50. The lowest BCUT2D eigenvalue weighted by atomic mass is 9.99. The number of rotatable bonds is 2. The number of nitrogens with zero attached hydrogens (tertiary/aromatic N) is 1. The molecule has 2 aromatic carbocycles. The van der Waals surface area contributed by atoms with Crippen molar-refractivity contribution in [2.45, 2.75) is 12.8 Å². The summed E-state index contributed by atoms with van der Waals surface area (Å²) in [5, 5.41) is 5.65. The summed E-state index contributed by atoms with van der Waals surface area (Å²) in [5.74, 6) is -0.198. The first-order valence-electron chi connectivity index (χ1n) is 7.34. The zero-order chi connectivity index (χ0) is 15.8. The van der Waals surface area contributed by atoms with Crippen molar-refractivity contribution >= 4 is 22.9 Å². The fourth-order valence-corrected chi connectivity index (χ4v) is 3.53. The topological polar surface area (TPSA) is 42.0 Å². The summed E-state index contributed by atoms with van der Waals surface area (Å²) in [6, 6.07) is 12.4. The van der Waals surface area contributed by atoms with Gasteiger partial charge in [-0.3, -0.25) is 4.79 Å². The molecule has 0 bridgehead atoms. The molecule has 2 heterocycles. The van der Waals surface area contributed by atoms with Crippen LogP contribution in [0.3, 0.4) is 0 Å². The molecular formula is C18H13FN2OS. The smallest absolute Gasteiger partial charge is 0.224 e. The van der Waals surface area contributed by atoms with Gasteiger partial charge < -0.3 is 5.32 Å². The van der Waals surface area contributed by atoms with Crippen molar-refractivity contribution in [3.05, 3.63) is 59.2 Å². The van der Waals surface area contributed by atoms with Crippen molar-refractivity contribution in [1.82, 2.24) is 4.98 Å². The molecule has 1 aliphatic heterocycles. The summed E-state index contributed by atoms with van der Waals surface area (Å²) < 4.78 is 13.3. The monoisotopic (exact) mass is 324 g/mol. The second-order valence-electron chi connectivity index (χ2n) is 5.47. The van der Waals surface area contributed by atoms with Crippen LogP contribution in [0.15, 0.2) is 47.8 Å². The Morgan fingerprint density at radius 2 is 2.00 bits per heavy atom. The van der Waals surface area contributed by atoms with Crippen LogP contribution in [0.5, 0.6) is 0 Å². The molecule has 0 aliphatic carbocycles. The minimum absolute atomic E-state index is 0.0623. The molecule has 0 unspecified atom stereocenters. The first-order chi connectivity index (χ1) is 11.2. The Labute approximate surface area is 136 Å². The molecular weight excluding hydrogens is 311 g/mol. The van der Waals surface area contributed by atoms with Gasteiger partial charge in [-0.05, 0) is 36.2 Å². The quantitative estimate of drug-likeness (QED) is 0.754. The molecule has 0 saturated carbocycles. The molecule has 114 valence electrons. The SMILES string of the molecule is O=C1CCc2cc(-c3csc(-c4cccc(F)c4)n3)ccc2N1. The fraction of sp³-hybridized carbons (Fsp3) is 0.111. The molecule has 3 nitrogen and oxygen atoms in total. The first-order valence-corrected chi connectivity index (χ1v) is 8.21. The van der Waals surface area contributed by atoms with E-state index >= 15 is 0 Å². The molecule has 23 heavy (non-hydrogen) atoms. The largest absolute Gasteiger partial charge is 0.326 e. The second-order valence-corrected chi connectivity index (χ2v) is 6.33. The van der Waals surface area contributed by atoms with Crippen molar-refractivity contribution in [3.63, 3.8) is 0 Å². The van der Waals surface area contributed by atoms with E-state index in [2.05, 4.69) is 16.4 Å². The number of hydrogen-bond acceptors (Lipinski definition) is 3. The number of nitrogens with one attached hydrogen (secondary N) is 1. The van der Waals surface area contributed by atoms with Crippen LogP contribution >= 0.6 is 11.3 Å². The van der Waals surface area contributed by atoms with E-state index in [1.807, 2.05) is 23.6 Å². The Morgan fingerprint density at radius 1 is 1.09 bits per heavy atom. The van der Waals surface area contributed by atoms with Gasteiger partial charge in [0.15, 0.2) is 0 Å². The van der Waals surface area contributed by atoms with Gasteiger partial charge >= 0.3 is 0 Å². The number of carbonyl (C=O) groups excluding carboxylic acids is 1. The third-order valence-electron chi connectivity index (χ3n) is 3.87. The number of amides is 1. The molecule has 5 heteroatoms. The zero-order valence-electron chi connectivity index (χ0n) is 12.2.